The molecule has 112 valence electrons. The average Bonchev–Trinajstić information content (AvgIpc) is 2.39. The predicted octanol–water partition coefficient (Wildman–Crippen LogP) is 1.71. The Kier molecular flexibility index (Phi) is 7.26. The average molecular weight is 277 g/mol. The normalized spacial score (nSPS) is 12.4. The van der Waals surface area contributed by atoms with E-state index in [4.69, 9.17) is 0 Å². The molecule has 1 aromatic rings. The van der Waals surface area contributed by atoms with E-state index in [1.807, 2.05) is 33.2 Å². The molecule has 1 amide bonds. The number of carbonyl (C=O) groups is 1. The van der Waals surface area contributed by atoms with E-state index in [0.717, 1.165) is 19.5 Å². The topological polar surface area (TPSA) is 44.4 Å². The molecule has 4 heteroatoms. The molecular weight excluding hydrogens is 250 g/mol. The summed E-state index contributed by atoms with van der Waals surface area (Å²) in [6, 6.07) is 8.21. The summed E-state index contributed by atoms with van der Waals surface area (Å²) in [7, 11) is 3.92. The number of aryl methyl sites for hydroxylation is 1. The number of amides is 1. The van der Waals surface area contributed by atoms with Gasteiger partial charge in [-0.15, -0.1) is 0 Å². The van der Waals surface area contributed by atoms with Crippen molar-refractivity contribution in [1.82, 2.24) is 15.5 Å². The smallest absolute Gasteiger partial charge is 0.234 e. The van der Waals surface area contributed by atoms with Gasteiger partial charge in [-0.3, -0.25) is 9.69 Å². The zero-order valence-corrected chi connectivity index (χ0v) is 13.1. The number of nitrogens with zero attached hydrogens (tertiary/aromatic N) is 1. The van der Waals surface area contributed by atoms with Crippen LogP contribution in [0.25, 0.3) is 0 Å². The van der Waals surface area contributed by atoms with E-state index in [2.05, 4.69) is 34.6 Å². The molecule has 0 aliphatic heterocycles. The number of hydrogen-bond donors (Lipinski definition) is 2. The van der Waals surface area contributed by atoms with Crippen molar-refractivity contribution in [3.63, 3.8) is 0 Å². The van der Waals surface area contributed by atoms with Gasteiger partial charge in [0.2, 0.25) is 5.91 Å². The largest absolute Gasteiger partial charge is 0.348 e. The van der Waals surface area contributed by atoms with Crippen molar-refractivity contribution in [2.75, 3.05) is 33.7 Å². The van der Waals surface area contributed by atoms with Crippen LogP contribution in [0, 0.1) is 6.92 Å². The SMILES string of the molecule is CNCCCN(C)CC(=O)NC(C)c1ccccc1C. The minimum Gasteiger partial charge on any atom is -0.348 e. The fourth-order valence-electron chi connectivity index (χ4n) is 2.29. The maximum atomic E-state index is 12.0. The predicted molar refractivity (Wildman–Crippen MR) is 83.8 cm³/mol. The Morgan fingerprint density at radius 3 is 2.70 bits per heavy atom. The minimum absolute atomic E-state index is 0.0504. The van der Waals surface area contributed by atoms with E-state index in [1.165, 1.54) is 11.1 Å². The molecule has 0 aliphatic carbocycles. The Morgan fingerprint density at radius 1 is 1.35 bits per heavy atom. The molecule has 0 aromatic heterocycles. The number of rotatable bonds is 8. The number of nitrogens with one attached hydrogen (secondary N) is 2. The van der Waals surface area contributed by atoms with Crippen LogP contribution in [0.4, 0.5) is 0 Å². The van der Waals surface area contributed by atoms with Gasteiger partial charge in [0.05, 0.1) is 12.6 Å². The molecule has 1 unspecified atom stereocenters. The highest BCUT2D eigenvalue weighted by atomic mass is 16.2. The highest BCUT2D eigenvalue weighted by Gasteiger charge is 2.12. The summed E-state index contributed by atoms with van der Waals surface area (Å²) in [5.74, 6) is 0.0766. The molecule has 20 heavy (non-hydrogen) atoms. The summed E-state index contributed by atoms with van der Waals surface area (Å²) in [5, 5.41) is 6.17. The van der Waals surface area contributed by atoms with Crippen LogP contribution in [0.2, 0.25) is 0 Å². The highest BCUT2D eigenvalue weighted by molar-refractivity contribution is 5.78. The lowest BCUT2D eigenvalue weighted by atomic mass is 10.0. The van der Waals surface area contributed by atoms with Gasteiger partial charge < -0.3 is 10.6 Å². The van der Waals surface area contributed by atoms with Crippen molar-refractivity contribution >= 4 is 5.91 Å². The van der Waals surface area contributed by atoms with Gasteiger partial charge in [0, 0.05) is 0 Å². The molecule has 0 radical (unpaired) electrons. The lowest BCUT2D eigenvalue weighted by Gasteiger charge is -2.20. The van der Waals surface area contributed by atoms with Crippen molar-refractivity contribution < 1.29 is 4.79 Å². The molecule has 0 saturated heterocycles. The monoisotopic (exact) mass is 277 g/mol. The molecule has 2 N–H and O–H groups in total. The first kappa shape index (κ1) is 16.7. The first-order valence-corrected chi connectivity index (χ1v) is 7.22. The number of carbonyl (C=O) groups excluding carboxylic acids is 1. The Bertz CT molecular complexity index is 420. The Balaban J connectivity index is 2.40. The summed E-state index contributed by atoms with van der Waals surface area (Å²) in [6.45, 7) is 6.45. The molecule has 1 rings (SSSR count). The van der Waals surface area contributed by atoms with Crippen LogP contribution in [0.3, 0.4) is 0 Å². The summed E-state index contributed by atoms with van der Waals surface area (Å²) >= 11 is 0. The van der Waals surface area contributed by atoms with Gasteiger partial charge in [0.1, 0.15) is 0 Å². The molecule has 4 nitrogen and oxygen atoms in total. The molecule has 0 bridgehead atoms. The van der Waals surface area contributed by atoms with Crippen LogP contribution in [-0.2, 0) is 4.79 Å². The molecule has 0 aliphatic rings. The van der Waals surface area contributed by atoms with Gasteiger partial charge >= 0.3 is 0 Å². The van der Waals surface area contributed by atoms with E-state index in [-0.39, 0.29) is 11.9 Å². The Morgan fingerprint density at radius 2 is 2.05 bits per heavy atom. The molecule has 0 saturated carbocycles. The summed E-state index contributed by atoms with van der Waals surface area (Å²) < 4.78 is 0. The highest BCUT2D eigenvalue weighted by Crippen LogP contribution is 2.16. The zero-order valence-electron chi connectivity index (χ0n) is 13.1. The third kappa shape index (κ3) is 5.72. The molecule has 0 spiro atoms. The first-order valence-electron chi connectivity index (χ1n) is 7.22. The van der Waals surface area contributed by atoms with Crippen molar-refractivity contribution in [2.24, 2.45) is 0 Å². The maximum absolute atomic E-state index is 12.0. The number of likely N-dealkylation sites (N-methyl/N-ethyl adjacent to an activating group) is 1. The van der Waals surface area contributed by atoms with Crippen LogP contribution in [0.5, 0.6) is 0 Å². The fourth-order valence-corrected chi connectivity index (χ4v) is 2.29. The van der Waals surface area contributed by atoms with Crippen LogP contribution < -0.4 is 10.6 Å². The van der Waals surface area contributed by atoms with E-state index in [9.17, 15) is 4.79 Å². The molecule has 1 atom stereocenters. The van der Waals surface area contributed by atoms with Gasteiger partial charge in [-0.25, -0.2) is 0 Å². The summed E-state index contributed by atoms with van der Waals surface area (Å²) in [6.07, 6.45) is 1.05. The third-order valence-electron chi connectivity index (χ3n) is 3.41. The van der Waals surface area contributed by atoms with Crippen LogP contribution in [-0.4, -0.2) is 44.5 Å². The van der Waals surface area contributed by atoms with Crippen LogP contribution in [0.1, 0.15) is 30.5 Å². The van der Waals surface area contributed by atoms with E-state index >= 15 is 0 Å². The number of hydrogen-bond acceptors (Lipinski definition) is 3. The molecular formula is C16H27N3O. The second kappa shape index (κ2) is 8.72. The number of benzene rings is 1. The van der Waals surface area contributed by atoms with Crippen molar-refractivity contribution in [2.45, 2.75) is 26.3 Å². The van der Waals surface area contributed by atoms with Gasteiger partial charge in [-0.2, -0.15) is 0 Å². The summed E-state index contributed by atoms with van der Waals surface area (Å²) in [5.41, 5.74) is 2.39. The van der Waals surface area contributed by atoms with Crippen molar-refractivity contribution in [3.8, 4) is 0 Å². The van der Waals surface area contributed by atoms with Crippen LogP contribution in [0.15, 0.2) is 24.3 Å². The maximum Gasteiger partial charge on any atom is 0.234 e. The lowest BCUT2D eigenvalue weighted by molar-refractivity contribution is -0.122. The quantitative estimate of drug-likeness (QED) is 0.711. The third-order valence-corrected chi connectivity index (χ3v) is 3.41. The standard InChI is InChI=1S/C16H27N3O/c1-13-8-5-6-9-15(13)14(2)18-16(20)12-19(4)11-7-10-17-3/h5-6,8-9,14,17H,7,10-12H2,1-4H3,(H,18,20). The van der Waals surface area contributed by atoms with E-state index in [0.29, 0.717) is 6.54 Å². The van der Waals surface area contributed by atoms with Gasteiger partial charge in [0.25, 0.3) is 0 Å². The van der Waals surface area contributed by atoms with Gasteiger partial charge in [0.15, 0.2) is 0 Å². The first-order chi connectivity index (χ1) is 9.54. The van der Waals surface area contributed by atoms with E-state index < -0.39 is 0 Å². The van der Waals surface area contributed by atoms with Crippen molar-refractivity contribution in [1.29, 1.82) is 0 Å². The van der Waals surface area contributed by atoms with Crippen LogP contribution >= 0.6 is 0 Å². The van der Waals surface area contributed by atoms with Gasteiger partial charge in [-0.1, -0.05) is 24.3 Å². The second-order valence-corrected chi connectivity index (χ2v) is 5.34. The Hall–Kier alpha value is -1.39. The minimum atomic E-state index is 0.0504. The molecule has 0 heterocycles. The van der Waals surface area contributed by atoms with Crippen molar-refractivity contribution in [3.05, 3.63) is 35.4 Å². The fraction of sp³-hybridized carbons (Fsp3) is 0.562. The van der Waals surface area contributed by atoms with E-state index in [1.54, 1.807) is 0 Å². The second-order valence-electron chi connectivity index (χ2n) is 5.34. The molecule has 1 aromatic carbocycles. The summed E-state index contributed by atoms with van der Waals surface area (Å²) in [4.78, 5) is 14.1. The van der Waals surface area contributed by atoms with Gasteiger partial charge in [-0.05, 0) is 58.6 Å². The lowest BCUT2D eigenvalue weighted by Crippen LogP contribution is -2.37. The Labute approximate surface area is 122 Å². The zero-order chi connectivity index (χ0) is 15.0. The molecule has 0 fully saturated rings.